The normalized spacial score (nSPS) is 13.4. The predicted molar refractivity (Wildman–Crippen MR) is 49.0 cm³/mol. The van der Waals surface area contributed by atoms with Crippen molar-refractivity contribution < 1.29 is 4.79 Å². The quantitative estimate of drug-likeness (QED) is 0.272. The number of rotatable bonds is 3. The molecule has 0 spiro atoms. The Morgan fingerprint density at radius 2 is 2.00 bits per heavy atom. The minimum Gasteiger partial charge on any atom is -0.293 e. The molecule has 0 N–H and O–H groups in total. The third-order valence-electron chi connectivity index (χ3n) is 1.16. The maximum Gasteiger partial charge on any atom is 0.173 e. The van der Waals surface area contributed by atoms with Gasteiger partial charge in [-0.25, -0.2) is 0 Å². The number of ketones is 1. The number of carbonyl (C=O) groups is 1. The summed E-state index contributed by atoms with van der Waals surface area (Å²) in [4.78, 5) is 10.9. The first-order valence-corrected chi connectivity index (χ1v) is 3.81. The Balaban J connectivity index is 4.23. The summed E-state index contributed by atoms with van der Waals surface area (Å²) in [6.45, 7) is 3.47. The monoisotopic (exact) mass is 168 g/mol. The number of hydrogen-bond donors (Lipinski definition) is 0. The molecule has 0 unspecified atom stereocenters. The van der Waals surface area contributed by atoms with E-state index < -0.39 is 0 Å². The fraction of sp³-hybridized carbons (Fsp3) is 0.375. The number of hydrogen-bond acceptors (Lipinski definition) is 1. The van der Waals surface area contributed by atoms with Crippen LogP contribution in [0.4, 0.5) is 0 Å². The lowest BCUT2D eigenvalue weighted by atomic mass is 9.97. The maximum absolute atomic E-state index is 10.9. The van der Waals surface area contributed by atoms with Gasteiger partial charge in [0.15, 0.2) is 5.78 Å². The maximum atomic E-state index is 10.9. The van der Waals surface area contributed by atoms with Crippen LogP contribution in [0.15, 0.2) is 23.2 Å². The van der Waals surface area contributed by atoms with Crippen molar-refractivity contribution in [3.8, 4) is 0 Å². The Bertz CT molecular complexity index is 202. The summed E-state index contributed by atoms with van der Waals surface area (Å²) in [5, 5.41) is 0. The molecule has 0 aromatic carbocycles. The van der Waals surface area contributed by atoms with E-state index in [2.05, 4.69) is 0 Å². The molecule has 0 saturated heterocycles. The molecule has 0 aromatic rings. The first-order valence-electron chi connectivity index (χ1n) is 3.27. The van der Waals surface area contributed by atoms with Gasteiger partial charge in [-0.05, 0) is 12.5 Å². The van der Waals surface area contributed by atoms with Crippen LogP contribution in [0.5, 0.6) is 0 Å². The van der Waals surface area contributed by atoms with E-state index in [1.807, 2.05) is 0 Å². The van der Waals surface area contributed by atoms with Gasteiger partial charge in [-0.1, -0.05) is 19.1 Å². The molecule has 0 atom stereocenters. The van der Waals surface area contributed by atoms with Crippen molar-refractivity contribution in [1.82, 2.24) is 0 Å². The molecule has 3 heteroatoms. The summed E-state index contributed by atoms with van der Waals surface area (Å²) >= 11 is 5.32. The largest absolute Gasteiger partial charge is 0.293 e. The topological polar surface area (TPSA) is 17.1 Å². The molecule has 0 heterocycles. The fourth-order valence-corrected chi connectivity index (χ4v) is 0.666. The second kappa shape index (κ2) is 5.19. The van der Waals surface area contributed by atoms with E-state index in [0.717, 1.165) is 0 Å². The van der Waals surface area contributed by atoms with Crippen molar-refractivity contribution in [1.29, 1.82) is 0 Å². The van der Waals surface area contributed by atoms with Crippen molar-refractivity contribution in [3.63, 3.8) is 0 Å². The van der Waals surface area contributed by atoms with Crippen LogP contribution >= 0.6 is 11.6 Å². The summed E-state index contributed by atoms with van der Waals surface area (Å²) in [6, 6.07) is 0. The zero-order valence-electron chi connectivity index (χ0n) is 6.73. The van der Waals surface area contributed by atoms with Crippen LogP contribution in [0.25, 0.3) is 0 Å². The molecular weight excluding hydrogens is 158 g/mol. The summed E-state index contributed by atoms with van der Waals surface area (Å²) < 4.78 is 0. The number of alkyl halides is 1. The Kier molecular flexibility index (Phi) is 4.96. The first kappa shape index (κ1) is 10.5. The molecule has 0 bridgehead atoms. The minimum atomic E-state index is -0.0656. The predicted octanol–water partition coefficient (Wildman–Crippen LogP) is 1.81. The van der Waals surface area contributed by atoms with Crippen LogP contribution in [0.1, 0.15) is 13.8 Å². The second-order valence-corrected chi connectivity index (χ2v) is 2.58. The van der Waals surface area contributed by atoms with Crippen molar-refractivity contribution in [2.45, 2.75) is 13.8 Å². The highest BCUT2D eigenvalue weighted by Crippen LogP contribution is 1.98. The van der Waals surface area contributed by atoms with Crippen molar-refractivity contribution in [2.75, 3.05) is 5.88 Å². The summed E-state index contributed by atoms with van der Waals surface area (Å²) in [7, 11) is 5.35. The molecule has 58 valence electrons. The molecule has 11 heavy (non-hydrogen) atoms. The van der Waals surface area contributed by atoms with Crippen LogP contribution in [0, 0.1) is 0 Å². The van der Waals surface area contributed by atoms with Gasteiger partial charge in [-0.2, -0.15) is 0 Å². The lowest BCUT2D eigenvalue weighted by Crippen LogP contribution is -1.99. The molecule has 0 aliphatic heterocycles. The van der Waals surface area contributed by atoms with Gasteiger partial charge in [0.25, 0.3) is 0 Å². The van der Waals surface area contributed by atoms with Gasteiger partial charge in [0.1, 0.15) is 7.85 Å². The van der Waals surface area contributed by atoms with Gasteiger partial charge in [0, 0.05) is 0 Å². The Hall–Kier alpha value is -0.495. The van der Waals surface area contributed by atoms with Crippen LogP contribution in [-0.4, -0.2) is 19.5 Å². The number of carbonyl (C=O) groups excluding carboxylic acids is 1. The number of Topliss-reactive ketones (excluding diaryl/α,β-unsaturated/α-hetero) is 1. The van der Waals surface area contributed by atoms with Crippen LogP contribution < -0.4 is 0 Å². The van der Waals surface area contributed by atoms with Gasteiger partial charge >= 0.3 is 0 Å². The zero-order chi connectivity index (χ0) is 8.85. The molecule has 0 saturated carbocycles. The van der Waals surface area contributed by atoms with E-state index in [4.69, 9.17) is 19.4 Å². The van der Waals surface area contributed by atoms with Crippen molar-refractivity contribution >= 4 is 25.2 Å². The van der Waals surface area contributed by atoms with Crippen molar-refractivity contribution in [2.24, 2.45) is 0 Å². The molecule has 0 aliphatic rings. The highest BCUT2D eigenvalue weighted by atomic mass is 35.5. The Morgan fingerprint density at radius 3 is 2.36 bits per heavy atom. The lowest BCUT2D eigenvalue weighted by molar-refractivity contribution is -0.113. The molecule has 0 amide bonds. The Labute approximate surface area is 73.5 Å². The van der Waals surface area contributed by atoms with Gasteiger partial charge in [-0.15, -0.1) is 17.1 Å². The highest BCUT2D eigenvalue weighted by molar-refractivity contribution is 6.30. The highest BCUT2D eigenvalue weighted by Gasteiger charge is 1.98. The average molecular weight is 168 g/mol. The molecule has 0 fully saturated rings. The molecular formula is C8H10BClO. The van der Waals surface area contributed by atoms with E-state index >= 15 is 0 Å². The van der Waals surface area contributed by atoms with Crippen LogP contribution in [-0.2, 0) is 4.79 Å². The van der Waals surface area contributed by atoms with Gasteiger partial charge in [-0.3, -0.25) is 4.79 Å². The SMILES string of the molecule is [B]/C(C)=C/C=C(\C)C(=O)CCl. The summed E-state index contributed by atoms with van der Waals surface area (Å²) in [6.07, 6.45) is 3.35. The molecule has 0 rings (SSSR count). The third kappa shape index (κ3) is 4.85. The molecule has 1 nitrogen and oxygen atoms in total. The number of allylic oxidation sites excluding steroid dienone is 4. The smallest absolute Gasteiger partial charge is 0.173 e. The Morgan fingerprint density at radius 1 is 1.45 bits per heavy atom. The zero-order valence-corrected chi connectivity index (χ0v) is 7.48. The van der Waals surface area contributed by atoms with Crippen LogP contribution in [0.3, 0.4) is 0 Å². The fourth-order valence-electron chi connectivity index (χ4n) is 0.455. The lowest BCUT2D eigenvalue weighted by Gasteiger charge is -1.92. The molecule has 0 aliphatic carbocycles. The third-order valence-corrected chi connectivity index (χ3v) is 1.40. The second-order valence-electron chi connectivity index (χ2n) is 2.32. The van der Waals surface area contributed by atoms with Gasteiger partial charge < -0.3 is 0 Å². The van der Waals surface area contributed by atoms with Crippen molar-refractivity contribution in [3.05, 3.63) is 23.2 Å². The van der Waals surface area contributed by atoms with E-state index in [-0.39, 0.29) is 11.7 Å². The number of halogens is 1. The average Bonchev–Trinajstić information content (AvgIpc) is 1.98. The van der Waals surface area contributed by atoms with E-state index in [1.54, 1.807) is 26.0 Å². The van der Waals surface area contributed by atoms with E-state index in [1.165, 1.54) is 0 Å². The van der Waals surface area contributed by atoms with E-state index in [0.29, 0.717) is 11.0 Å². The first-order chi connectivity index (χ1) is 5.07. The molecule has 0 aromatic heterocycles. The standard InChI is InChI=1S/C8H10BClO/c1-6(8(11)5-10)3-4-7(2)9/h3-4H,5H2,1-2H3/b6-3+,7-4+. The molecule has 2 radical (unpaired) electrons. The summed E-state index contributed by atoms with van der Waals surface area (Å²) in [5.41, 5.74) is 1.30. The summed E-state index contributed by atoms with van der Waals surface area (Å²) in [5.74, 6) is -0.0380. The minimum absolute atomic E-state index is 0.0276. The van der Waals surface area contributed by atoms with Crippen LogP contribution in [0.2, 0.25) is 0 Å². The van der Waals surface area contributed by atoms with Gasteiger partial charge in [0.05, 0.1) is 5.88 Å². The van der Waals surface area contributed by atoms with E-state index in [9.17, 15) is 4.79 Å². The van der Waals surface area contributed by atoms with Gasteiger partial charge in [0.2, 0.25) is 0 Å².